The van der Waals surface area contributed by atoms with E-state index in [0.717, 1.165) is 52.4 Å². The van der Waals surface area contributed by atoms with Gasteiger partial charge in [0.1, 0.15) is 5.65 Å². The quantitative estimate of drug-likeness (QED) is 0.217. The van der Waals surface area contributed by atoms with Crippen LogP contribution in [0.15, 0.2) is 109 Å². The van der Waals surface area contributed by atoms with E-state index in [1.54, 1.807) is 6.20 Å². The fraction of sp³-hybridized carbons (Fsp3) is 0.167. The Balaban J connectivity index is 1.19. The molecule has 1 atom stereocenters. The number of nitrogens with zero attached hydrogens (tertiary/aromatic N) is 5. The maximum Gasteiger partial charge on any atom is 0.228 e. The largest absolute Gasteiger partial charge is 0.326 e. The summed E-state index contributed by atoms with van der Waals surface area (Å²) in [7, 11) is 4.28. The normalized spacial score (nSPS) is 14.1. The van der Waals surface area contributed by atoms with Crippen molar-refractivity contribution in [3.63, 3.8) is 0 Å². The van der Waals surface area contributed by atoms with E-state index < -0.39 is 0 Å². The van der Waals surface area contributed by atoms with E-state index in [2.05, 4.69) is 52.8 Å². The molecule has 3 aromatic carbocycles. The van der Waals surface area contributed by atoms with Crippen LogP contribution in [0.1, 0.15) is 16.7 Å². The molecule has 218 valence electrons. The second-order valence-electron chi connectivity index (χ2n) is 11.4. The summed E-state index contributed by atoms with van der Waals surface area (Å²) in [5, 5.41) is 6.47. The zero-order valence-electron chi connectivity index (χ0n) is 24.7. The molecule has 1 unspecified atom stereocenters. The van der Waals surface area contributed by atoms with Gasteiger partial charge in [-0.25, -0.2) is 15.0 Å². The van der Waals surface area contributed by atoms with Crippen LogP contribution in [0.2, 0.25) is 0 Å². The minimum atomic E-state index is -0.0705. The Morgan fingerprint density at radius 1 is 0.864 bits per heavy atom. The molecule has 0 saturated heterocycles. The topological polar surface area (TPSA) is 87.5 Å². The van der Waals surface area contributed by atoms with E-state index in [0.29, 0.717) is 24.1 Å². The molecule has 1 amide bonds. The van der Waals surface area contributed by atoms with E-state index in [-0.39, 0.29) is 5.91 Å². The average Bonchev–Trinajstić information content (AvgIpc) is 3.64. The van der Waals surface area contributed by atoms with Crippen molar-refractivity contribution in [2.75, 3.05) is 24.7 Å². The van der Waals surface area contributed by atoms with Gasteiger partial charge in [0, 0.05) is 35.4 Å². The van der Waals surface area contributed by atoms with Crippen molar-refractivity contribution in [2.24, 2.45) is 0 Å². The van der Waals surface area contributed by atoms with Crippen LogP contribution in [0.5, 0.6) is 0 Å². The number of imidazole rings is 1. The Hall–Kier alpha value is -5.34. The summed E-state index contributed by atoms with van der Waals surface area (Å²) in [5.74, 6) is 0.447. The first-order chi connectivity index (χ1) is 21.5. The molecule has 2 N–H and O–H groups in total. The Morgan fingerprint density at radius 2 is 1.70 bits per heavy atom. The third-order valence-electron chi connectivity index (χ3n) is 8.16. The van der Waals surface area contributed by atoms with Crippen LogP contribution >= 0.6 is 0 Å². The Kier molecular flexibility index (Phi) is 7.33. The second kappa shape index (κ2) is 11.7. The van der Waals surface area contributed by atoms with Gasteiger partial charge in [0.25, 0.3) is 0 Å². The lowest BCUT2D eigenvalue weighted by atomic mass is 10.1. The van der Waals surface area contributed by atoms with Gasteiger partial charge >= 0.3 is 0 Å². The molecule has 0 saturated carbocycles. The number of fused-ring (bicyclic) bond motifs is 2. The number of carbonyl (C=O) groups is 1. The highest BCUT2D eigenvalue weighted by Gasteiger charge is 2.23. The maximum absolute atomic E-state index is 12.8. The number of likely N-dealkylation sites (N-methyl/N-ethyl adjacent to an activating group) is 1. The highest BCUT2D eigenvalue weighted by Crippen LogP contribution is 2.34. The van der Waals surface area contributed by atoms with Crippen LogP contribution in [-0.4, -0.2) is 50.3 Å². The van der Waals surface area contributed by atoms with Gasteiger partial charge in [-0.05, 0) is 86.1 Å². The minimum Gasteiger partial charge on any atom is -0.326 e. The molecular weight excluding hydrogens is 546 g/mol. The number of pyridine rings is 1. The molecular formula is C36H33N7O. The van der Waals surface area contributed by atoms with Crippen molar-refractivity contribution < 1.29 is 4.79 Å². The van der Waals surface area contributed by atoms with Crippen LogP contribution in [0.25, 0.3) is 28.3 Å². The number of hydrogen-bond donors (Lipinski definition) is 2. The molecule has 0 aliphatic heterocycles. The van der Waals surface area contributed by atoms with Gasteiger partial charge in [-0.15, -0.1) is 0 Å². The smallest absolute Gasteiger partial charge is 0.228 e. The number of aromatic nitrogens is 4. The van der Waals surface area contributed by atoms with Gasteiger partial charge in [0.2, 0.25) is 11.9 Å². The minimum absolute atomic E-state index is 0.0705. The summed E-state index contributed by atoms with van der Waals surface area (Å²) in [6.07, 6.45) is 6.18. The number of rotatable bonds is 8. The van der Waals surface area contributed by atoms with Crippen LogP contribution in [-0.2, 0) is 24.1 Å². The van der Waals surface area contributed by atoms with Gasteiger partial charge in [0.05, 0.1) is 23.5 Å². The Bertz CT molecular complexity index is 1970. The first-order valence-electron chi connectivity index (χ1n) is 14.8. The van der Waals surface area contributed by atoms with Gasteiger partial charge in [-0.1, -0.05) is 54.6 Å². The maximum atomic E-state index is 12.8. The molecule has 0 radical (unpaired) electrons. The third kappa shape index (κ3) is 5.67. The van der Waals surface area contributed by atoms with Crippen molar-refractivity contribution in [3.8, 4) is 22.6 Å². The van der Waals surface area contributed by atoms with Gasteiger partial charge < -0.3 is 15.5 Å². The van der Waals surface area contributed by atoms with Gasteiger partial charge in [0.15, 0.2) is 0 Å². The molecule has 8 nitrogen and oxygen atoms in total. The molecule has 3 heterocycles. The second-order valence-corrected chi connectivity index (χ2v) is 11.4. The van der Waals surface area contributed by atoms with Crippen LogP contribution < -0.4 is 10.6 Å². The fourth-order valence-electron chi connectivity index (χ4n) is 5.89. The highest BCUT2D eigenvalue weighted by molar-refractivity contribution is 5.93. The standard InChI is InChI=1S/C36H33N7O/c1-42(2)30-22-25-14-15-29(21-27(25)23-30)39-36-37-17-16-31(40-36)35-34(41-32-13-6-7-18-43(32)35)26-11-8-12-28(20-26)38-33(44)19-24-9-4-3-5-10-24/h3-18,20-21,30H,19,22-23H2,1-2H3,(H,38,44)(H,37,39,40). The molecule has 8 heteroatoms. The van der Waals surface area contributed by atoms with Crippen LogP contribution in [0.3, 0.4) is 0 Å². The number of amides is 1. The lowest BCUT2D eigenvalue weighted by molar-refractivity contribution is -0.115. The van der Waals surface area contributed by atoms with Crippen LogP contribution in [0.4, 0.5) is 17.3 Å². The summed E-state index contributed by atoms with van der Waals surface area (Å²) in [4.78, 5) is 29.6. The number of nitrogens with one attached hydrogen (secondary N) is 2. The first kappa shape index (κ1) is 27.5. The number of anilines is 3. The summed E-state index contributed by atoms with van der Waals surface area (Å²) >= 11 is 0. The summed E-state index contributed by atoms with van der Waals surface area (Å²) in [5.41, 5.74) is 9.46. The number of hydrogen-bond acceptors (Lipinski definition) is 6. The average molecular weight is 580 g/mol. The molecule has 1 aliphatic carbocycles. The Labute approximate surface area is 256 Å². The fourth-order valence-corrected chi connectivity index (χ4v) is 5.89. The van der Waals surface area contributed by atoms with E-state index >= 15 is 0 Å². The zero-order chi connectivity index (χ0) is 30.0. The van der Waals surface area contributed by atoms with E-state index in [4.69, 9.17) is 9.97 Å². The molecule has 0 fully saturated rings. The molecule has 0 bridgehead atoms. The lowest BCUT2D eigenvalue weighted by Crippen LogP contribution is -2.27. The molecule has 7 rings (SSSR count). The van der Waals surface area contributed by atoms with Crippen molar-refractivity contribution >= 4 is 28.9 Å². The van der Waals surface area contributed by atoms with E-state index in [1.807, 2.05) is 89.5 Å². The zero-order valence-corrected chi connectivity index (χ0v) is 24.7. The third-order valence-corrected chi connectivity index (χ3v) is 8.16. The number of carbonyl (C=O) groups excluding carboxylic acids is 1. The predicted octanol–water partition coefficient (Wildman–Crippen LogP) is 6.41. The van der Waals surface area contributed by atoms with Crippen molar-refractivity contribution in [3.05, 3.63) is 126 Å². The highest BCUT2D eigenvalue weighted by atomic mass is 16.1. The monoisotopic (exact) mass is 579 g/mol. The predicted molar refractivity (Wildman–Crippen MR) is 175 cm³/mol. The Morgan fingerprint density at radius 3 is 2.57 bits per heavy atom. The first-order valence-corrected chi connectivity index (χ1v) is 14.8. The van der Waals surface area contributed by atoms with Gasteiger partial charge in [-0.3, -0.25) is 9.20 Å². The molecule has 1 aliphatic rings. The molecule has 3 aromatic heterocycles. The summed E-state index contributed by atoms with van der Waals surface area (Å²) < 4.78 is 2.04. The van der Waals surface area contributed by atoms with Crippen molar-refractivity contribution in [1.82, 2.24) is 24.3 Å². The van der Waals surface area contributed by atoms with Crippen molar-refractivity contribution in [1.29, 1.82) is 0 Å². The van der Waals surface area contributed by atoms with Crippen molar-refractivity contribution in [2.45, 2.75) is 25.3 Å². The summed E-state index contributed by atoms with van der Waals surface area (Å²) in [6, 6.07) is 32.4. The van der Waals surface area contributed by atoms with E-state index in [1.165, 1.54) is 11.1 Å². The van der Waals surface area contributed by atoms with Gasteiger partial charge in [-0.2, -0.15) is 0 Å². The van der Waals surface area contributed by atoms with E-state index in [9.17, 15) is 4.79 Å². The molecule has 6 aromatic rings. The van der Waals surface area contributed by atoms with Crippen LogP contribution in [0, 0.1) is 0 Å². The summed E-state index contributed by atoms with van der Waals surface area (Å²) in [6.45, 7) is 0. The molecule has 0 spiro atoms. The SMILES string of the molecule is CN(C)C1Cc2ccc(Nc3nccc(-c4c(-c5cccc(NC(=O)Cc6ccccc6)c5)nc5ccccn45)n3)cc2C1. The molecule has 44 heavy (non-hydrogen) atoms. The number of benzene rings is 3. The lowest BCUT2D eigenvalue weighted by Gasteiger charge is -2.17.